The summed E-state index contributed by atoms with van der Waals surface area (Å²) < 4.78 is 0. The zero-order chi connectivity index (χ0) is 17.4. The summed E-state index contributed by atoms with van der Waals surface area (Å²) in [6, 6.07) is 9.26. The summed E-state index contributed by atoms with van der Waals surface area (Å²) in [5.74, 6) is -0.0330. The van der Waals surface area contributed by atoms with Crippen LogP contribution in [0.15, 0.2) is 24.3 Å². The van der Waals surface area contributed by atoms with Crippen LogP contribution in [0, 0.1) is 11.3 Å². The Morgan fingerprint density at radius 3 is 2.75 bits per heavy atom. The van der Waals surface area contributed by atoms with Crippen LogP contribution >= 0.6 is 0 Å². The third kappa shape index (κ3) is 5.31. The van der Waals surface area contributed by atoms with E-state index in [0.29, 0.717) is 17.7 Å². The van der Waals surface area contributed by atoms with E-state index in [4.69, 9.17) is 5.26 Å². The van der Waals surface area contributed by atoms with Crippen molar-refractivity contribution in [1.82, 2.24) is 9.80 Å². The number of anilines is 1. The van der Waals surface area contributed by atoms with Crippen LogP contribution in [0.25, 0.3) is 0 Å². The highest BCUT2D eigenvalue weighted by Crippen LogP contribution is 2.11. The monoisotopic (exact) mass is 330 g/mol. The second kappa shape index (κ2) is 9.38. The molecule has 130 valence electrons. The average molecular weight is 330 g/mol. The van der Waals surface area contributed by atoms with Gasteiger partial charge in [0.1, 0.15) is 0 Å². The van der Waals surface area contributed by atoms with Crippen LogP contribution in [0.4, 0.5) is 5.69 Å². The highest BCUT2D eigenvalue weighted by molar-refractivity contribution is 5.90. The normalized spacial score (nSPS) is 17.2. The lowest BCUT2D eigenvalue weighted by Gasteiger charge is -2.38. The van der Waals surface area contributed by atoms with E-state index >= 15 is 0 Å². The Labute approximate surface area is 143 Å². The Hall–Kier alpha value is -1.94. The molecular weight excluding hydrogens is 304 g/mol. The summed E-state index contributed by atoms with van der Waals surface area (Å²) in [5.41, 5.74) is 1.20. The minimum atomic E-state index is -0.0330. The lowest BCUT2D eigenvalue weighted by atomic mass is 10.1. The number of benzene rings is 1. The molecule has 1 fully saturated rings. The molecule has 0 radical (unpaired) electrons. The Balaban J connectivity index is 1.72. The van der Waals surface area contributed by atoms with Crippen molar-refractivity contribution in [3.8, 4) is 6.07 Å². The molecule has 1 aromatic carbocycles. The molecule has 24 heavy (non-hydrogen) atoms. The van der Waals surface area contributed by atoms with Crippen LogP contribution in [0.2, 0.25) is 0 Å². The van der Waals surface area contributed by atoms with Crippen LogP contribution in [-0.4, -0.2) is 66.2 Å². The molecule has 1 unspecified atom stereocenters. The molecule has 1 aliphatic heterocycles. The van der Waals surface area contributed by atoms with E-state index in [-0.39, 0.29) is 18.6 Å². The Kier molecular flexibility index (Phi) is 7.19. The van der Waals surface area contributed by atoms with Crippen LogP contribution < -0.4 is 5.32 Å². The first kappa shape index (κ1) is 18.4. The van der Waals surface area contributed by atoms with Crippen LogP contribution in [0.1, 0.15) is 25.3 Å². The first-order valence-electron chi connectivity index (χ1n) is 8.53. The SMILES string of the molecule is CCC(CO)N1CCN(CCC(=O)Nc2cccc(C#N)c2)CC1. The number of amides is 1. The molecule has 1 heterocycles. The van der Waals surface area contributed by atoms with Crippen molar-refractivity contribution >= 4 is 11.6 Å². The Morgan fingerprint density at radius 2 is 2.12 bits per heavy atom. The number of carbonyl (C=O) groups excluding carboxylic acids is 1. The summed E-state index contributed by atoms with van der Waals surface area (Å²) in [4.78, 5) is 16.7. The number of carbonyl (C=O) groups is 1. The van der Waals surface area contributed by atoms with Gasteiger partial charge in [0.05, 0.1) is 18.2 Å². The number of aliphatic hydroxyl groups is 1. The van der Waals surface area contributed by atoms with Gasteiger partial charge in [-0.2, -0.15) is 5.26 Å². The number of nitrogens with one attached hydrogen (secondary N) is 1. The number of aliphatic hydroxyl groups excluding tert-OH is 1. The number of rotatable bonds is 7. The van der Waals surface area contributed by atoms with Crippen molar-refractivity contribution in [3.63, 3.8) is 0 Å². The van der Waals surface area contributed by atoms with Gasteiger partial charge < -0.3 is 15.3 Å². The molecule has 1 amide bonds. The molecule has 0 saturated carbocycles. The predicted molar refractivity (Wildman–Crippen MR) is 93.6 cm³/mol. The minimum Gasteiger partial charge on any atom is -0.395 e. The number of piperazine rings is 1. The van der Waals surface area contributed by atoms with Crippen LogP contribution in [0.3, 0.4) is 0 Å². The van der Waals surface area contributed by atoms with Gasteiger partial charge >= 0.3 is 0 Å². The first-order valence-corrected chi connectivity index (χ1v) is 8.53. The van der Waals surface area contributed by atoms with Gasteiger partial charge in [0.25, 0.3) is 0 Å². The zero-order valence-corrected chi connectivity index (χ0v) is 14.2. The average Bonchev–Trinajstić information content (AvgIpc) is 2.62. The van der Waals surface area contributed by atoms with E-state index in [1.165, 1.54) is 0 Å². The highest BCUT2D eigenvalue weighted by atomic mass is 16.3. The fraction of sp³-hybridized carbons (Fsp3) is 0.556. The fourth-order valence-electron chi connectivity index (χ4n) is 3.00. The molecule has 2 rings (SSSR count). The lowest BCUT2D eigenvalue weighted by Crippen LogP contribution is -2.51. The molecule has 1 aromatic rings. The second-order valence-electron chi connectivity index (χ2n) is 6.11. The highest BCUT2D eigenvalue weighted by Gasteiger charge is 2.22. The molecule has 6 nitrogen and oxygen atoms in total. The molecule has 1 aliphatic rings. The Morgan fingerprint density at radius 1 is 1.38 bits per heavy atom. The molecule has 6 heteroatoms. The van der Waals surface area contributed by atoms with Crippen molar-refractivity contribution in [1.29, 1.82) is 5.26 Å². The van der Waals surface area contributed by atoms with Gasteiger partial charge in [0, 0.05) is 50.9 Å². The van der Waals surface area contributed by atoms with Gasteiger partial charge in [-0.25, -0.2) is 0 Å². The summed E-state index contributed by atoms with van der Waals surface area (Å²) in [7, 11) is 0. The van der Waals surface area contributed by atoms with Crippen molar-refractivity contribution in [2.45, 2.75) is 25.8 Å². The first-order chi connectivity index (χ1) is 11.7. The van der Waals surface area contributed by atoms with Gasteiger partial charge in [0.2, 0.25) is 5.91 Å². The van der Waals surface area contributed by atoms with Crippen LogP contribution in [0.5, 0.6) is 0 Å². The smallest absolute Gasteiger partial charge is 0.225 e. The van der Waals surface area contributed by atoms with E-state index in [1.807, 2.05) is 0 Å². The number of nitriles is 1. The van der Waals surface area contributed by atoms with E-state index in [0.717, 1.165) is 39.1 Å². The van der Waals surface area contributed by atoms with E-state index in [2.05, 4.69) is 28.1 Å². The van der Waals surface area contributed by atoms with E-state index in [9.17, 15) is 9.90 Å². The lowest BCUT2D eigenvalue weighted by molar-refractivity contribution is -0.116. The molecular formula is C18H26N4O2. The summed E-state index contributed by atoms with van der Waals surface area (Å²) >= 11 is 0. The quantitative estimate of drug-likeness (QED) is 0.787. The van der Waals surface area contributed by atoms with E-state index < -0.39 is 0 Å². The molecule has 0 aromatic heterocycles. The van der Waals surface area contributed by atoms with Crippen molar-refractivity contribution in [3.05, 3.63) is 29.8 Å². The van der Waals surface area contributed by atoms with Crippen molar-refractivity contribution in [2.75, 3.05) is 44.6 Å². The van der Waals surface area contributed by atoms with Gasteiger partial charge in [-0.1, -0.05) is 13.0 Å². The number of nitrogens with zero attached hydrogens (tertiary/aromatic N) is 3. The van der Waals surface area contributed by atoms with Crippen LogP contribution in [-0.2, 0) is 4.79 Å². The number of hydrogen-bond donors (Lipinski definition) is 2. The van der Waals surface area contributed by atoms with E-state index in [1.54, 1.807) is 24.3 Å². The maximum atomic E-state index is 12.1. The van der Waals surface area contributed by atoms with Crippen molar-refractivity contribution < 1.29 is 9.90 Å². The van der Waals surface area contributed by atoms with Gasteiger partial charge in [-0.3, -0.25) is 9.69 Å². The maximum Gasteiger partial charge on any atom is 0.225 e. The molecule has 0 bridgehead atoms. The van der Waals surface area contributed by atoms with Gasteiger partial charge in [-0.15, -0.1) is 0 Å². The standard InChI is InChI=1S/C18H26N4O2/c1-2-17(14-23)22-10-8-21(9-11-22)7-6-18(24)20-16-5-3-4-15(12-16)13-19/h3-5,12,17,23H,2,6-11,14H2,1H3,(H,20,24). The van der Waals surface area contributed by atoms with Crippen molar-refractivity contribution in [2.24, 2.45) is 0 Å². The topological polar surface area (TPSA) is 79.6 Å². The second-order valence-corrected chi connectivity index (χ2v) is 6.11. The fourth-order valence-corrected chi connectivity index (χ4v) is 3.00. The minimum absolute atomic E-state index is 0.0330. The van der Waals surface area contributed by atoms with Gasteiger partial charge in [-0.05, 0) is 24.6 Å². The number of hydrogen-bond acceptors (Lipinski definition) is 5. The summed E-state index contributed by atoms with van der Waals surface area (Å²) in [6.45, 7) is 6.75. The molecule has 0 aliphatic carbocycles. The predicted octanol–water partition coefficient (Wildman–Crippen LogP) is 1.28. The molecule has 1 saturated heterocycles. The molecule has 1 atom stereocenters. The third-order valence-corrected chi connectivity index (χ3v) is 4.54. The zero-order valence-electron chi connectivity index (χ0n) is 14.2. The summed E-state index contributed by atoms with van der Waals surface area (Å²) in [6.07, 6.45) is 1.40. The largest absolute Gasteiger partial charge is 0.395 e. The molecule has 0 spiro atoms. The third-order valence-electron chi connectivity index (χ3n) is 4.54. The molecule has 2 N–H and O–H groups in total. The summed E-state index contributed by atoms with van der Waals surface area (Å²) in [5, 5.41) is 21.1. The maximum absolute atomic E-state index is 12.1. The Bertz CT molecular complexity index is 573. The van der Waals surface area contributed by atoms with Gasteiger partial charge in [0.15, 0.2) is 0 Å².